The highest BCUT2D eigenvalue weighted by Crippen LogP contribution is 2.40. The summed E-state index contributed by atoms with van der Waals surface area (Å²) in [4.78, 5) is 2.39. The van der Waals surface area contributed by atoms with E-state index in [2.05, 4.69) is 186 Å². The number of anilines is 3. The Bertz CT molecular complexity index is 2390. The third-order valence-electron chi connectivity index (χ3n) is 10.7. The molecule has 2 aliphatic carbocycles. The van der Waals surface area contributed by atoms with Crippen molar-refractivity contribution >= 4 is 33.5 Å². The molecule has 9 rings (SSSR count). The summed E-state index contributed by atoms with van der Waals surface area (Å²) < 4.78 is 2.51. The van der Waals surface area contributed by atoms with Crippen molar-refractivity contribution < 1.29 is 0 Å². The number of aromatic nitrogens is 1. The van der Waals surface area contributed by atoms with Gasteiger partial charge in [0.25, 0.3) is 0 Å². The van der Waals surface area contributed by atoms with Crippen molar-refractivity contribution in [2.24, 2.45) is 5.92 Å². The first-order chi connectivity index (χ1) is 25.2. The Kier molecular flexibility index (Phi) is 8.22. The summed E-state index contributed by atoms with van der Waals surface area (Å²) in [6.45, 7) is 2.27. The van der Waals surface area contributed by atoms with Crippen LogP contribution in [0.15, 0.2) is 170 Å². The molecule has 0 amide bonds. The van der Waals surface area contributed by atoms with E-state index in [0.717, 1.165) is 29.9 Å². The molecular weight excluding hydrogens is 617 g/mol. The Labute approximate surface area is 301 Å². The molecule has 1 heterocycles. The van der Waals surface area contributed by atoms with Crippen LogP contribution in [0.4, 0.5) is 17.1 Å². The highest BCUT2D eigenvalue weighted by Gasteiger charge is 2.21. The maximum Gasteiger partial charge on any atom is 0.0534 e. The van der Waals surface area contributed by atoms with E-state index in [1.807, 2.05) is 0 Å². The second-order valence-corrected chi connectivity index (χ2v) is 14.1. The molecule has 1 aromatic heterocycles. The first kappa shape index (κ1) is 31.1. The number of allylic oxidation sites excluding steroid dienone is 4. The Morgan fingerprint density at radius 3 is 1.92 bits per heavy atom. The van der Waals surface area contributed by atoms with Crippen LogP contribution in [0.3, 0.4) is 0 Å². The standard InChI is InChI=1S/C49H42N2/c1-35-21-23-39(24-22-35)41-14-10-16-45(34-41)50(44-15-9-13-40(33-44)36-11-3-2-4-12-36)42-29-25-37(26-30-42)38-27-31-43(32-28-38)51-48-19-7-5-17-46(48)47-18-6-8-20-49(47)51/h2-5,7,9-17,19,21,23-35H,6,8,18,20,22H2,1H3. The van der Waals surface area contributed by atoms with Gasteiger partial charge in [-0.05, 0) is 132 Å². The average molecular weight is 659 g/mol. The number of fused-ring (bicyclic) bond motifs is 3. The van der Waals surface area contributed by atoms with Crippen molar-refractivity contribution in [3.8, 4) is 27.9 Å². The van der Waals surface area contributed by atoms with Gasteiger partial charge in [0.15, 0.2) is 0 Å². The van der Waals surface area contributed by atoms with Crippen molar-refractivity contribution in [2.75, 3.05) is 4.90 Å². The Morgan fingerprint density at radius 2 is 1.18 bits per heavy atom. The molecule has 6 aromatic carbocycles. The summed E-state index contributed by atoms with van der Waals surface area (Å²) in [7, 11) is 0. The minimum absolute atomic E-state index is 0.586. The maximum atomic E-state index is 2.51. The summed E-state index contributed by atoms with van der Waals surface area (Å²) in [5.41, 5.74) is 16.4. The van der Waals surface area contributed by atoms with Crippen molar-refractivity contribution in [3.63, 3.8) is 0 Å². The summed E-state index contributed by atoms with van der Waals surface area (Å²) in [6, 6.07) is 55.7. The zero-order chi connectivity index (χ0) is 34.1. The highest BCUT2D eigenvalue weighted by atomic mass is 15.1. The molecule has 0 saturated heterocycles. The lowest BCUT2D eigenvalue weighted by Crippen LogP contribution is -2.10. The Morgan fingerprint density at radius 1 is 0.549 bits per heavy atom. The van der Waals surface area contributed by atoms with E-state index in [9.17, 15) is 0 Å². The van der Waals surface area contributed by atoms with Crippen LogP contribution >= 0.6 is 0 Å². The quantitative estimate of drug-likeness (QED) is 0.165. The van der Waals surface area contributed by atoms with Crippen LogP contribution in [0, 0.1) is 5.92 Å². The van der Waals surface area contributed by atoms with Crippen molar-refractivity contribution in [1.29, 1.82) is 0 Å². The molecule has 1 atom stereocenters. The molecule has 51 heavy (non-hydrogen) atoms. The third kappa shape index (κ3) is 6.02. The van der Waals surface area contributed by atoms with Gasteiger partial charge in [-0.25, -0.2) is 0 Å². The van der Waals surface area contributed by atoms with E-state index in [1.54, 1.807) is 5.56 Å². The zero-order valence-corrected chi connectivity index (χ0v) is 29.2. The third-order valence-corrected chi connectivity index (χ3v) is 10.7. The molecule has 0 spiro atoms. The fourth-order valence-electron chi connectivity index (χ4n) is 8.06. The van der Waals surface area contributed by atoms with Crippen molar-refractivity contribution in [3.05, 3.63) is 187 Å². The molecule has 2 nitrogen and oxygen atoms in total. The molecular formula is C49H42N2. The molecule has 1 unspecified atom stereocenters. The molecule has 0 aliphatic heterocycles. The summed E-state index contributed by atoms with van der Waals surface area (Å²) in [5, 5.41) is 1.41. The molecule has 0 bridgehead atoms. The SMILES string of the molecule is CC1C=CC(c2cccc(N(c3ccc(-c4ccc(-n5c6c(c7ccccc75)CCCC6)cc4)cc3)c3cccc(-c4ccccc4)c3)c2)=CC1. The number of rotatable bonds is 7. The molecule has 0 saturated carbocycles. The van der Waals surface area contributed by atoms with Gasteiger partial charge < -0.3 is 9.47 Å². The first-order valence-corrected chi connectivity index (χ1v) is 18.5. The van der Waals surface area contributed by atoms with Crippen LogP contribution in [0.25, 0.3) is 44.4 Å². The molecule has 0 N–H and O–H groups in total. The lowest BCUT2D eigenvalue weighted by molar-refractivity contribution is 0.667. The molecule has 2 heteroatoms. The smallest absolute Gasteiger partial charge is 0.0534 e. The number of hydrogen-bond donors (Lipinski definition) is 0. The summed E-state index contributed by atoms with van der Waals surface area (Å²) in [6.07, 6.45) is 12.9. The van der Waals surface area contributed by atoms with E-state index in [-0.39, 0.29) is 0 Å². The van der Waals surface area contributed by atoms with Gasteiger partial charge in [0.2, 0.25) is 0 Å². The molecule has 7 aromatic rings. The number of para-hydroxylation sites is 1. The average Bonchev–Trinajstić information content (AvgIpc) is 3.54. The zero-order valence-electron chi connectivity index (χ0n) is 29.2. The van der Waals surface area contributed by atoms with E-state index >= 15 is 0 Å². The molecule has 2 aliphatic rings. The van der Waals surface area contributed by atoms with E-state index in [4.69, 9.17) is 0 Å². The van der Waals surface area contributed by atoms with Gasteiger partial charge in [-0.1, -0.05) is 122 Å². The summed E-state index contributed by atoms with van der Waals surface area (Å²) >= 11 is 0. The van der Waals surface area contributed by atoms with Crippen LogP contribution in [-0.4, -0.2) is 4.57 Å². The van der Waals surface area contributed by atoms with Crippen molar-refractivity contribution in [1.82, 2.24) is 4.57 Å². The Balaban J connectivity index is 1.07. The van der Waals surface area contributed by atoms with Gasteiger partial charge in [0.1, 0.15) is 0 Å². The number of nitrogens with zero attached hydrogens (tertiary/aromatic N) is 2. The lowest BCUT2D eigenvalue weighted by Gasteiger charge is -2.27. The molecule has 0 fully saturated rings. The monoisotopic (exact) mass is 658 g/mol. The predicted octanol–water partition coefficient (Wildman–Crippen LogP) is 13.3. The van der Waals surface area contributed by atoms with Gasteiger partial charge in [-0.3, -0.25) is 0 Å². The number of hydrogen-bond acceptors (Lipinski definition) is 1. The van der Waals surface area contributed by atoms with Crippen LogP contribution in [-0.2, 0) is 12.8 Å². The van der Waals surface area contributed by atoms with Gasteiger partial charge in [0.05, 0.1) is 5.52 Å². The minimum atomic E-state index is 0.586. The molecule has 0 radical (unpaired) electrons. The van der Waals surface area contributed by atoms with Crippen LogP contribution in [0.2, 0.25) is 0 Å². The van der Waals surface area contributed by atoms with Gasteiger partial charge >= 0.3 is 0 Å². The maximum absolute atomic E-state index is 2.51. The van der Waals surface area contributed by atoms with Crippen LogP contribution < -0.4 is 4.90 Å². The van der Waals surface area contributed by atoms with E-state index < -0.39 is 0 Å². The first-order valence-electron chi connectivity index (χ1n) is 18.5. The summed E-state index contributed by atoms with van der Waals surface area (Å²) in [5.74, 6) is 0.586. The van der Waals surface area contributed by atoms with E-state index in [0.29, 0.717) is 5.92 Å². The fraction of sp³-hybridized carbons (Fsp3) is 0.143. The second-order valence-electron chi connectivity index (χ2n) is 14.1. The van der Waals surface area contributed by atoms with E-state index in [1.165, 1.54) is 74.9 Å². The topological polar surface area (TPSA) is 8.17 Å². The minimum Gasteiger partial charge on any atom is -0.313 e. The Hall–Kier alpha value is -5.86. The number of aryl methyl sites for hydroxylation is 1. The second kappa shape index (κ2) is 13.5. The normalized spacial score (nSPS) is 15.4. The van der Waals surface area contributed by atoms with Crippen molar-refractivity contribution in [2.45, 2.75) is 39.0 Å². The highest BCUT2D eigenvalue weighted by molar-refractivity contribution is 5.88. The van der Waals surface area contributed by atoms with Crippen LogP contribution in [0.1, 0.15) is 43.0 Å². The fourth-order valence-corrected chi connectivity index (χ4v) is 8.06. The van der Waals surface area contributed by atoms with Gasteiger partial charge in [0, 0.05) is 33.8 Å². The van der Waals surface area contributed by atoms with Gasteiger partial charge in [-0.15, -0.1) is 0 Å². The van der Waals surface area contributed by atoms with Gasteiger partial charge in [-0.2, -0.15) is 0 Å². The number of benzene rings is 6. The van der Waals surface area contributed by atoms with Crippen LogP contribution in [0.5, 0.6) is 0 Å². The largest absolute Gasteiger partial charge is 0.313 e. The molecule has 248 valence electrons. The lowest BCUT2D eigenvalue weighted by atomic mass is 9.94. The predicted molar refractivity (Wildman–Crippen MR) is 216 cm³/mol.